The summed E-state index contributed by atoms with van der Waals surface area (Å²) in [6, 6.07) is 10.2. The molecular weight excluding hydrogens is 473 g/mol. The van der Waals surface area contributed by atoms with E-state index in [0.29, 0.717) is 0 Å². The van der Waals surface area contributed by atoms with Gasteiger partial charge in [0.05, 0.1) is 5.00 Å². The predicted octanol–water partition coefficient (Wildman–Crippen LogP) is 2.35. The molecule has 3 aromatic heterocycles. The highest BCUT2D eigenvalue weighted by Crippen LogP contribution is 2.22. The first-order valence-corrected chi connectivity index (χ1v) is 9.76. The third-order valence-corrected chi connectivity index (χ3v) is 5.55. The van der Waals surface area contributed by atoms with E-state index >= 15 is 0 Å². The van der Waals surface area contributed by atoms with Crippen molar-refractivity contribution in [2.75, 3.05) is 44.7 Å². The molecule has 0 amide bonds. The number of fused-ring (bicyclic) bond motifs is 1. The van der Waals surface area contributed by atoms with Crippen LogP contribution in [0.15, 0.2) is 46.9 Å². The lowest BCUT2D eigenvalue weighted by Crippen LogP contribution is -2.52. The zero-order valence-corrected chi connectivity index (χ0v) is 18.4. The van der Waals surface area contributed by atoms with Crippen molar-refractivity contribution in [2.24, 2.45) is 4.99 Å². The summed E-state index contributed by atoms with van der Waals surface area (Å²) in [5.74, 6) is 1.93. The van der Waals surface area contributed by atoms with E-state index in [4.69, 9.17) is 0 Å². The van der Waals surface area contributed by atoms with Gasteiger partial charge >= 0.3 is 0 Å². The molecule has 0 radical (unpaired) electrons. The van der Waals surface area contributed by atoms with Crippen molar-refractivity contribution in [3.63, 3.8) is 0 Å². The quantitative estimate of drug-likeness (QED) is 0.341. The standard InChI is InChI=1S/C18H23N7S.HI/c1-19-18(24-12-10-23(11-13-24)17-6-4-14-26-17)20-8-7-16-22-21-15-5-2-3-9-25(15)16;/h2-6,9,14H,7-8,10-13H2,1H3,(H,19,20);1H. The first kappa shape index (κ1) is 19.9. The molecule has 3 aromatic rings. The number of nitrogens with one attached hydrogen (secondary N) is 1. The van der Waals surface area contributed by atoms with Gasteiger partial charge in [0.25, 0.3) is 0 Å². The molecule has 144 valence electrons. The van der Waals surface area contributed by atoms with Crippen LogP contribution < -0.4 is 10.2 Å². The molecule has 0 saturated carbocycles. The van der Waals surface area contributed by atoms with Gasteiger partial charge in [-0.25, -0.2) is 0 Å². The third kappa shape index (κ3) is 4.52. The molecular formula is C18H24IN7S. The molecule has 0 spiro atoms. The molecule has 0 aromatic carbocycles. The van der Waals surface area contributed by atoms with E-state index in [0.717, 1.165) is 56.6 Å². The van der Waals surface area contributed by atoms with Gasteiger partial charge < -0.3 is 15.1 Å². The largest absolute Gasteiger partial charge is 0.360 e. The fraction of sp³-hybridized carbons (Fsp3) is 0.389. The summed E-state index contributed by atoms with van der Waals surface area (Å²) in [5, 5.41) is 15.4. The second-order valence-electron chi connectivity index (χ2n) is 6.19. The predicted molar refractivity (Wildman–Crippen MR) is 122 cm³/mol. The molecule has 0 unspecified atom stereocenters. The zero-order chi connectivity index (χ0) is 17.8. The molecule has 0 bridgehead atoms. The van der Waals surface area contributed by atoms with Crippen LogP contribution in [0.25, 0.3) is 5.65 Å². The van der Waals surface area contributed by atoms with Crippen molar-refractivity contribution in [3.8, 4) is 0 Å². The fourth-order valence-electron chi connectivity index (χ4n) is 3.27. The lowest BCUT2D eigenvalue weighted by Gasteiger charge is -2.37. The van der Waals surface area contributed by atoms with E-state index in [9.17, 15) is 0 Å². The van der Waals surface area contributed by atoms with Crippen LogP contribution in [0.3, 0.4) is 0 Å². The molecule has 0 aliphatic carbocycles. The van der Waals surface area contributed by atoms with Gasteiger partial charge in [0.1, 0.15) is 5.82 Å². The summed E-state index contributed by atoms with van der Waals surface area (Å²) < 4.78 is 2.03. The molecule has 4 rings (SSSR count). The maximum absolute atomic E-state index is 4.45. The lowest BCUT2D eigenvalue weighted by atomic mass is 10.3. The molecule has 1 N–H and O–H groups in total. The Hall–Kier alpha value is -1.88. The van der Waals surface area contributed by atoms with Gasteiger partial charge in [0, 0.05) is 52.4 Å². The molecule has 7 nitrogen and oxygen atoms in total. The summed E-state index contributed by atoms with van der Waals surface area (Å²) in [4.78, 5) is 9.22. The second-order valence-corrected chi connectivity index (χ2v) is 7.12. The Morgan fingerprint density at radius 1 is 1.15 bits per heavy atom. The number of anilines is 1. The Bertz CT molecular complexity index is 869. The lowest BCUT2D eigenvalue weighted by molar-refractivity contribution is 0.373. The highest BCUT2D eigenvalue weighted by Gasteiger charge is 2.20. The van der Waals surface area contributed by atoms with Gasteiger partial charge in [0.15, 0.2) is 11.6 Å². The monoisotopic (exact) mass is 497 g/mol. The van der Waals surface area contributed by atoms with Crippen molar-refractivity contribution in [2.45, 2.75) is 6.42 Å². The van der Waals surface area contributed by atoms with Crippen molar-refractivity contribution in [1.29, 1.82) is 0 Å². The number of piperazine rings is 1. The Kier molecular flexibility index (Phi) is 6.89. The maximum Gasteiger partial charge on any atom is 0.193 e. The average molecular weight is 497 g/mol. The number of hydrogen-bond acceptors (Lipinski definition) is 5. The molecule has 1 saturated heterocycles. The molecule has 1 aliphatic rings. The van der Waals surface area contributed by atoms with Gasteiger partial charge in [-0.15, -0.1) is 45.5 Å². The number of thiophene rings is 1. The number of guanidine groups is 1. The Morgan fingerprint density at radius 2 is 2.00 bits per heavy atom. The van der Waals surface area contributed by atoms with Gasteiger partial charge in [-0.3, -0.25) is 9.39 Å². The van der Waals surface area contributed by atoms with Gasteiger partial charge in [-0.05, 0) is 29.6 Å². The van der Waals surface area contributed by atoms with Crippen LogP contribution >= 0.6 is 35.3 Å². The van der Waals surface area contributed by atoms with Crippen molar-refractivity contribution in [1.82, 2.24) is 24.8 Å². The van der Waals surface area contributed by atoms with Gasteiger partial charge in [-0.2, -0.15) is 0 Å². The molecule has 4 heterocycles. The number of hydrogen-bond donors (Lipinski definition) is 1. The number of rotatable bonds is 4. The second kappa shape index (κ2) is 9.36. The SMILES string of the molecule is CN=C(NCCc1nnc2ccccn12)N1CCN(c2cccs2)CC1.I. The van der Waals surface area contributed by atoms with Crippen molar-refractivity contribution >= 4 is 51.9 Å². The minimum absolute atomic E-state index is 0. The minimum atomic E-state index is 0. The van der Waals surface area contributed by atoms with E-state index < -0.39 is 0 Å². The number of aliphatic imine (C=N–C) groups is 1. The highest BCUT2D eigenvalue weighted by molar-refractivity contribution is 14.0. The van der Waals surface area contributed by atoms with Crippen LogP contribution in [-0.2, 0) is 6.42 Å². The molecule has 1 aliphatic heterocycles. The van der Waals surface area contributed by atoms with Gasteiger partial charge in [0.2, 0.25) is 0 Å². The highest BCUT2D eigenvalue weighted by atomic mass is 127. The number of pyridine rings is 1. The van der Waals surface area contributed by atoms with E-state index in [-0.39, 0.29) is 24.0 Å². The summed E-state index contributed by atoms with van der Waals surface area (Å²) >= 11 is 1.80. The smallest absolute Gasteiger partial charge is 0.193 e. The molecule has 1 fully saturated rings. The van der Waals surface area contributed by atoms with Crippen LogP contribution in [0, 0.1) is 0 Å². The number of nitrogens with zero attached hydrogens (tertiary/aromatic N) is 6. The zero-order valence-electron chi connectivity index (χ0n) is 15.3. The van der Waals surface area contributed by atoms with Crippen molar-refractivity contribution < 1.29 is 0 Å². The summed E-state index contributed by atoms with van der Waals surface area (Å²) in [6.07, 6.45) is 2.81. The van der Waals surface area contributed by atoms with Crippen molar-refractivity contribution in [3.05, 3.63) is 47.7 Å². The van der Waals surface area contributed by atoms with E-state index in [1.165, 1.54) is 5.00 Å². The summed E-state index contributed by atoms with van der Waals surface area (Å²) in [6.45, 7) is 4.79. The molecule has 0 atom stereocenters. The number of aromatic nitrogens is 3. The molecule has 27 heavy (non-hydrogen) atoms. The minimum Gasteiger partial charge on any atom is -0.360 e. The number of halogens is 1. The molecule has 9 heteroatoms. The van der Waals surface area contributed by atoms with E-state index in [1.54, 1.807) is 11.3 Å². The first-order valence-electron chi connectivity index (χ1n) is 8.88. The van der Waals surface area contributed by atoms with Crippen LogP contribution in [0.4, 0.5) is 5.00 Å². The maximum atomic E-state index is 4.45. The summed E-state index contributed by atoms with van der Waals surface area (Å²) in [5.41, 5.74) is 0.886. The first-order chi connectivity index (χ1) is 12.8. The van der Waals surface area contributed by atoms with E-state index in [1.807, 2.05) is 35.8 Å². The topological polar surface area (TPSA) is 61.1 Å². The third-order valence-electron chi connectivity index (χ3n) is 4.62. The fourth-order valence-corrected chi connectivity index (χ4v) is 4.05. The van der Waals surface area contributed by atoms with Crippen LogP contribution in [-0.4, -0.2) is 65.2 Å². The Morgan fingerprint density at radius 3 is 2.74 bits per heavy atom. The van der Waals surface area contributed by atoms with Crippen LogP contribution in [0.5, 0.6) is 0 Å². The van der Waals surface area contributed by atoms with Crippen LogP contribution in [0.1, 0.15) is 5.82 Å². The van der Waals surface area contributed by atoms with Crippen LogP contribution in [0.2, 0.25) is 0 Å². The summed E-state index contributed by atoms with van der Waals surface area (Å²) in [7, 11) is 1.85. The Balaban J connectivity index is 0.00000210. The average Bonchev–Trinajstić information content (AvgIpc) is 3.36. The normalized spacial score (nSPS) is 15.1. The van der Waals surface area contributed by atoms with Gasteiger partial charge in [-0.1, -0.05) is 6.07 Å². The Labute approximate surface area is 180 Å². The van der Waals surface area contributed by atoms with E-state index in [2.05, 4.69) is 47.8 Å².